The average molecular weight is 154 g/mol. The minimum Gasteiger partial charge on any atom is -0.305 e. The van der Waals surface area contributed by atoms with Crippen molar-refractivity contribution >= 4 is 0 Å². The van der Waals surface area contributed by atoms with Gasteiger partial charge in [0.1, 0.15) is 0 Å². The van der Waals surface area contributed by atoms with Crippen molar-refractivity contribution in [2.75, 3.05) is 33.2 Å². The van der Waals surface area contributed by atoms with Crippen LogP contribution in [0.2, 0.25) is 0 Å². The molecule has 0 saturated carbocycles. The van der Waals surface area contributed by atoms with Gasteiger partial charge in [0.25, 0.3) is 0 Å². The Bertz CT molecular complexity index is 132. The zero-order valence-corrected chi connectivity index (χ0v) is 7.78. The molecule has 2 heteroatoms. The van der Waals surface area contributed by atoms with E-state index in [4.69, 9.17) is 0 Å². The van der Waals surface area contributed by atoms with Gasteiger partial charge in [-0.2, -0.15) is 0 Å². The summed E-state index contributed by atoms with van der Waals surface area (Å²) in [5, 5.41) is 3.24. The van der Waals surface area contributed by atoms with Crippen LogP contribution in [0.4, 0.5) is 0 Å². The van der Waals surface area contributed by atoms with Gasteiger partial charge >= 0.3 is 0 Å². The van der Waals surface area contributed by atoms with E-state index in [0.717, 1.165) is 26.2 Å². The zero-order chi connectivity index (χ0) is 8.53. The highest BCUT2D eigenvalue weighted by molar-refractivity contribution is 4.96. The van der Waals surface area contributed by atoms with Gasteiger partial charge in [0.2, 0.25) is 0 Å². The van der Waals surface area contributed by atoms with Gasteiger partial charge in [0, 0.05) is 13.1 Å². The molecule has 0 spiro atoms. The molecule has 0 aromatic rings. The monoisotopic (exact) mass is 154 g/mol. The van der Waals surface area contributed by atoms with E-state index in [9.17, 15) is 0 Å². The van der Waals surface area contributed by atoms with Crippen LogP contribution in [0.5, 0.6) is 0 Å². The summed E-state index contributed by atoms with van der Waals surface area (Å²) in [7, 11) is 2.12. The molecule has 0 heterocycles. The molecule has 0 bridgehead atoms. The maximum Gasteiger partial charge on any atom is 0.0576 e. The Balaban J connectivity index is 3.05. The van der Waals surface area contributed by atoms with Gasteiger partial charge in [0.15, 0.2) is 0 Å². The fourth-order valence-corrected chi connectivity index (χ4v) is 0.667. The summed E-state index contributed by atoms with van der Waals surface area (Å²) in [5.74, 6) is 5.80. The van der Waals surface area contributed by atoms with Gasteiger partial charge in [-0.25, -0.2) is 0 Å². The molecule has 0 amide bonds. The van der Waals surface area contributed by atoms with Crippen molar-refractivity contribution in [2.24, 2.45) is 0 Å². The number of rotatable bonds is 5. The third-order valence-corrected chi connectivity index (χ3v) is 1.60. The van der Waals surface area contributed by atoms with Crippen LogP contribution in [-0.4, -0.2) is 38.1 Å². The molecule has 0 fully saturated rings. The van der Waals surface area contributed by atoms with E-state index in [2.05, 4.69) is 36.0 Å². The lowest BCUT2D eigenvalue weighted by Gasteiger charge is -2.12. The molecule has 0 radical (unpaired) electrons. The summed E-state index contributed by atoms with van der Waals surface area (Å²) in [6.45, 7) is 8.07. The normalized spacial score (nSPS) is 9.45. The molecular weight excluding hydrogens is 136 g/mol. The number of hydrogen-bond acceptors (Lipinski definition) is 2. The van der Waals surface area contributed by atoms with E-state index < -0.39 is 0 Å². The maximum atomic E-state index is 3.24. The quantitative estimate of drug-likeness (QED) is 0.459. The molecule has 0 aliphatic rings. The highest BCUT2D eigenvalue weighted by atomic mass is 15.1. The molecule has 0 aromatic carbocycles. The first-order valence-electron chi connectivity index (χ1n) is 4.10. The number of likely N-dealkylation sites (N-methyl/N-ethyl adjacent to an activating group) is 1. The van der Waals surface area contributed by atoms with Gasteiger partial charge in [-0.1, -0.05) is 12.8 Å². The molecule has 0 rings (SSSR count). The molecule has 2 nitrogen and oxygen atoms in total. The van der Waals surface area contributed by atoms with Crippen LogP contribution in [0.3, 0.4) is 0 Å². The Kier molecular flexibility index (Phi) is 7.23. The van der Waals surface area contributed by atoms with Crippen LogP contribution < -0.4 is 5.32 Å². The topological polar surface area (TPSA) is 15.3 Å². The van der Waals surface area contributed by atoms with Crippen LogP contribution in [-0.2, 0) is 0 Å². The van der Waals surface area contributed by atoms with E-state index in [1.807, 2.05) is 6.92 Å². The largest absolute Gasteiger partial charge is 0.305 e. The van der Waals surface area contributed by atoms with Crippen molar-refractivity contribution in [1.82, 2.24) is 10.2 Å². The third kappa shape index (κ3) is 7.38. The fourth-order valence-electron chi connectivity index (χ4n) is 0.667. The molecule has 64 valence electrons. The summed E-state index contributed by atoms with van der Waals surface area (Å²) in [5.41, 5.74) is 0. The molecular formula is C9H18N2. The second-order valence-corrected chi connectivity index (χ2v) is 2.50. The first-order valence-corrected chi connectivity index (χ1v) is 4.10. The molecule has 0 atom stereocenters. The molecule has 0 saturated heterocycles. The molecule has 0 aromatic heterocycles. The molecule has 0 unspecified atom stereocenters. The summed E-state index contributed by atoms with van der Waals surface area (Å²) in [6.07, 6.45) is 0. The zero-order valence-electron chi connectivity index (χ0n) is 7.78. The predicted octanol–water partition coefficient (Wildman–Crippen LogP) is 0.551. The van der Waals surface area contributed by atoms with E-state index in [1.54, 1.807) is 0 Å². The first kappa shape index (κ1) is 10.5. The van der Waals surface area contributed by atoms with Crippen LogP contribution in [0.1, 0.15) is 13.8 Å². The summed E-state index contributed by atoms with van der Waals surface area (Å²) in [6, 6.07) is 0. The van der Waals surface area contributed by atoms with Crippen molar-refractivity contribution < 1.29 is 0 Å². The van der Waals surface area contributed by atoms with Crippen molar-refractivity contribution in [2.45, 2.75) is 13.8 Å². The highest BCUT2D eigenvalue weighted by Gasteiger charge is 1.90. The summed E-state index contributed by atoms with van der Waals surface area (Å²) in [4.78, 5) is 2.27. The number of nitrogens with one attached hydrogen (secondary N) is 1. The van der Waals surface area contributed by atoms with Gasteiger partial charge in [-0.05, 0) is 20.5 Å². The molecule has 0 aliphatic heterocycles. The average Bonchev–Trinajstić information content (AvgIpc) is 2.04. The van der Waals surface area contributed by atoms with E-state index >= 15 is 0 Å². The summed E-state index contributed by atoms with van der Waals surface area (Å²) >= 11 is 0. The predicted molar refractivity (Wildman–Crippen MR) is 49.5 cm³/mol. The lowest BCUT2D eigenvalue weighted by atomic mass is 10.5. The fraction of sp³-hybridized carbons (Fsp3) is 0.778. The molecule has 1 N–H and O–H groups in total. The standard InChI is InChI=1S/C9H18N2/c1-4-6-7-10-8-9-11(3)5-2/h10H,5,7-9H2,1-3H3. The van der Waals surface area contributed by atoms with Gasteiger partial charge in [0.05, 0.1) is 6.54 Å². The highest BCUT2D eigenvalue weighted by Crippen LogP contribution is 1.76. The van der Waals surface area contributed by atoms with E-state index in [0.29, 0.717) is 0 Å². The van der Waals surface area contributed by atoms with Crippen LogP contribution in [0.15, 0.2) is 0 Å². The van der Waals surface area contributed by atoms with Crippen molar-refractivity contribution in [3.05, 3.63) is 0 Å². The Morgan fingerprint density at radius 2 is 2.18 bits per heavy atom. The number of hydrogen-bond donors (Lipinski definition) is 1. The Hall–Kier alpha value is -0.520. The third-order valence-electron chi connectivity index (χ3n) is 1.60. The van der Waals surface area contributed by atoms with Crippen molar-refractivity contribution in [3.63, 3.8) is 0 Å². The lowest BCUT2D eigenvalue weighted by Crippen LogP contribution is -2.29. The maximum absolute atomic E-state index is 3.24. The Morgan fingerprint density at radius 3 is 2.73 bits per heavy atom. The molecule has 11 heavy (non-hydrogen) atoms. The van der Waals surface area contributed by atoms with E-state index in [1.165, 1.54) is 0 Å². The van der Waals surface area contributed by atoms with E-state index in [-0.39, 0.29) is 0 Å². The van der Waals surface area contributed by atoms with Gasteiger partial charge in [-0.15, -0.1) is 5.92 Å². The first-order chi connectivity index (χ1) is 5.31. The van der Waals surface area contributed by atoms with Crippen LogP contribution in [0, 0.1) is 11.8 Å². The minimum absolute atomic E-state index is 0.814. The van der Waals surface area contributed by atoms with Crippen LogP contribution >= 0.6 is 0 Å². The van der Waals surface area contributed by atoms with Gasteiger partial charge < -0.3 is 10.2 Å². The van der Waals surface area contributed by atoms with Gasteiger partial charge in [-0.3, -0.25) is 0 Å². The number of nitrogens with zero attached hydrogens (tertiary/aromatic N) is 1. The lowest BCUT2D eigenvalue weighted by molar-refractivity contribution is 0.352. The minimum atomic E-state index is 0.814. The Morgan fingerprint density at radius 1 is 1.45 bits per heavy atom. The SMILES string of the molecule is CC#CCNCCN(C)CC. The van der Waals surface area contributed by atoms with Crippen molar-refractivity contribution in [1.29, 1.82) is 0 Å². The smallest absolute Gasteiger partial charge is 0.0576 e. The second kappa shape index (κ2) is 7.59. The Labute approximate surface area is 70.0 Å². The van der Waals surface area contributed by atoms with Crippen molar-refractivity contribution in [3.8, 4) is 11.8 Å². The molecule has 0 aliphatic carbocycles. The second-order valence-electron chi connectivity index (χ2n) is 2.50. The summed E-state index contributed by atoms with van der Waals surface area (Å²) < 4.78 is 0. The van der Waals surface area contributed by atoms with Crippen LogP contribution in [0.25, 0.3) is 0 Å².